The van der Waals surface area contributed by atoms with E-state index in [4.69, 9.17) is 9.97 Å². The Labute approximate surface area is 236 Å². The van der Waals surface area contributed by atoms with Crippen LogP contribution in [0.25, 0.3) is 28.2 Å². The quantitative estimate of drug-likeness (QED) is 0.278. The summed E-state index contributed by atoms with van der Waals surface area (Å²) < 4.78 is 3.21. The summed E-state index contributed by atoms with van der Waals surface area (Å²) in [5.41, 5.74) is 3.31. The number of allylic oxidation sites excluding steroid dienone is 1. The zero-order chi connectivity index (χ0) is 28.3. The van der Waals surface area contributed by atoms with Crippen LogP contribution in [-0.4, -0.2) is 83.9 Å². The van der Waals surface area contributed by atoms with E-state index >= 15 is 0 Å². The highest BCUT2D eigenvalue weighted by Gasteiger charge is 2.24. The van der Waals surface area contributed by atoms with Crippen LogP contribution < -0.4 is 15.8 Å². The largest absolute Gasteiger partial charge is 0.395 e. The van der Waals surface area contributed by atoms with E-state index in [1.165, 1.54) is 10.9 Å². The Hall–Kier alpha value is -4.94. The number of piperazine rings is 1. The molecule has 208 valence electrons. The molecule has 4 aromatic heterocycles. The fraction of sp³-hybridized carbons (Fsp3) is 0.241. The highest BCUT2D eigenvalue weighted by Crippen LogP contribution is 2.24. The number of aromatic nitrogens is 7. The lowest BCUT2D eigenvalue weighted by Crippen LogP contribution is -2.53. The molecule has 2 N–H and O–H groups in total. The minimum absolute atomic E-state index is 0.114. The maximum Gasteiger partial charge on any atom is 0.278 e. The summed E-state index contributed by atoms with van der Waals surface area (Å²) >= 11 is 0. The van der Waals surface area contributed by atoms with Gasteiger partial charge in [0.1, 0.15) is 11.1 Å². The van der Waals surface area contributed by atoms with Crippen LogP contribution in [-0.2, 0) is 6.54 Å². The molecule has 1 saturated heterocycles. The molecule has 12 heteroatoms. The van der Waals surface area contributed by atoms with E-state index in [9.17, 15) is 9.90 Å². The van der Waals surface area contributed by atoms with Gasteiger partial charge in [0, 0.05) is 43.4 Å². The Morgan fingerprint density at radius 3 is 2.66 bits per heavy atom. The number of likely N-dealkylation sites (N-methyl/N-ethyl adjacent to an activating group) is 1. The summed E-state index contributed by atoms with van der Waals surface area (Å²) in [6.07, 6.45) is 4.79. The van der Waals surface area contributed by atoms with Crippen LogP contribution in [0.3, 0.4) is 0 Å². The highest BCUT2D eigenvalue weighted by atomic mass is 16.3. The van der Waals surface area contributed by atoms with Gasteiger partial charge in [-0.15, -0.1) is 11.7 Å². The van der Waals surface area contributed by atoms with Gasteiger partial charge >= 0.3 is 0 Å². The first kappa shape index (κ1) is 26.3. The third-order valence-corrected chi connectivity index (χ3v) is 7.24. The van der Waals surface area contributed by atoms with Crippen LogP contribution in [0.1, 0.15) is 0 Å². The van der Waals surface area contributed by atoms with Gasteiger partial charge in [0.15, 0.2) is 11.5 Å². The Morgan fingerprint density at radius 1 is 1.07 bits per heavy atom. The van der Waals surface area contributed by atoms with E-state index in [2.05, 4.69) is 36.9 Å². The number of hydrogen-bond acceptors (Lipinski definition) is 10. The second-order valence-electron chi connectivity index (χ2n) is 9.84. The van der Waals surface area contributed by atoms with Gasteiger partial charge in [0.05, 0.1) is 24.9 Å². The molecule has 12 nitrogen and oxygen atoms in total. The van der Waals surface area contributed by atoms with E-state index < -0.39 is 0 Å². The topological polar surface area (TPSA) is 130 Å². The van der Waals surface area contributed by atoms with Gasteiger partial charge in [-0.25, -0.2) is 19.3 Å². The first-order valence-corrected chi connectivity index (χ1v) is 13.3. The predicted octanol–water partition coefficient (Wildman–Crippen LogP) is 2.48. The molecule has 1 aliphatic heterocycles. The molecule has 1 atom stereocenters. The molecule has 1 aliphatic rings. The zero-order valence-corrected chi connectivity index (χ0v) is 22.6. The number of fused-ring (bicyclic) bond motifs is 1. The third-order valence-electron chi connectivity index (χ3n) is 7.24. The van der Waals surface area contributed by atoms with Crippen molar-refractivity contribution < 1.29 is 5.11 Å². The van der Waals surface area contributed by atoms with Crippen molar-refractivity contribution in [2.45, 2.75) is 12.6 Å². The number of nitrogens with zero attached hydrogens (tertiary/aromatic N) is 9. The fourth-order valence-electron chi connectivity index (χ4n) is 4.99. The Balaban J connectivity index is 1.33. The van der Waals surface area contributed by atoms with Crippen LogP contribution in [0, 0.1) is 0 Å². The standard InChI is InChI=1S/C29H30N10O2/c1-3-14-38-28(41)23-17-30-29(32-20-9-11-21(12-10-20)37-16-15-36(2)22(18-37)19-40)34-27(23)39(38)26-8-4-6-24(33-26)25-7-5-13-31-35-25/h3-13,17,22,40H,1,14-16,18-19H2,2H3,(H,30,32,34). The lowest BCUT2D eigenvalue weighted by atomic mass is 10.1. The van der Waals surface area contributed by atoms with Gasteiger partial charge in [-0.3, -0.25) is 9.69 Å². The molecule has 0 spiro atoms. The molecular weight excluding hydrogens is 520 g/mol. The molecule has 41 heavy (non-hydrogen) atoms. The molecule has 1 aromatic carbocycles. The zero-order valence-electron chi connectivity index (χ0n) is 22.6. The van der Waals surface area contributed by atoms with Crippen molar-refractivity contribution in [2.24, 2.45) is 0 Å². The van der Waals surface area contributed by atoms with E-state index in [1.807, 2.05) is 55.6 Å². The number of nitrogens with one attached hydrogen (secondary N) is 1. The number of aliphatic hydroxyl groups is 1. The van der Waals surface area contributed by atoms with Crippen molar-refractivity contribution in [3.63, 3.8) is 0 Å². The number of hydrogen-bond donors (Lipinski definition) is 2. The fourth-order valence-corrected chi connectivity index (χ4v) is 4.99. The monoisotopic (exact) mass is 550 g/mol. The highest BCUT2D eigenvalue weighted by molar-refractivity contribution is 5.77. The average molecular weight is 551 g/mol. The number of pyridine rings is 1. The molecule has 1 fully saturated rings. The van der Waals surface area contributed by atoms with Crippen molar-refractivity contribution in [1.29, 1.82) is 0 Å². The molecule has 0 bridgehead atoms. The summed E-state index contributed by atoms with van der Waals surface area (Å²) in [5.74, 6) is 0.851. The smallest absolute Gasteiger partial charge is 0.278 e. The Morgan fingerprint density at radius 2 is 1.90 bits per heavy atom. The lowest BCUT2D eigenvalue weighted by Gasteiger charge is -2.39. The third kappa shape index (κ3) is 5.17. The molecule has 0 radical (unpaired) electrons. The summed E-state index contributed by atoms with van der Waals surface area (Å²) in [7, 11) is 2.04. The van der Waals surface area contributed by atoms with E-state index in [-0.39, 0.29) is 24.8 Å². The van der Waals surface area contributed by atoms with Crippen LogP contribution in [0.5, 0.6) is 0 Å². The van der Waals surface area contributed by atoms with Gasteiger partial charge in [-0.05, 0) is 55.6 Å². The number of rotatable bonds is 8. The molecule has 6 rings (SSSR count). The van der Waals surface area contributed by atoms with Crippen LogP contribution in [0.15, 0.2) is 84.4 Å². The maximum absolute atomic E-state index is 13.3. The van der Waals surface area contributed by atoms with Crippen LogP contribution >= 0.6 is 0 Å². The normalized spacial score (nSPS) is 15.8. The minimum atomic E-state index is -0.240. The van der Waals surface area contributed by atoms with Gasteiger partial charge in [0.2, 0.25) is 5.95 Å². The number of benzene rings is 1. The molecule has 0 aliphatic carbocycles. The average Bonchev–Trinajstić information content (AvgIpc) is 3.29. The molecule has 0 amide bonds. The predicted molar refractivity (Wildman–Crippen MR) is 158 cm³/mol. The van der Waals surface area contributed by atoms with Gasteiger partial charge in [-0.1, -0.05) is 12.1 Å². The summed E-state index contributed by atoms with van der Waals surface area (Å²) in [5, 5.41) is 21.4. The maximum atomic E-state index is 13.3. The van der Waals surface area contributed by atoms with Crippen molar-refractivity contribution in [2.75, 3.05) is 43.5 Å². The van der Waals surface area contributed by atoms with Crippen molar-refractivity contribution >= 4 is 28.4 Å². The second-order valence-corrected chi connectivity index (χ2v) is 9.84. The Bertz CT molecular complexity index is 1730. The lowest BCUT2D eigenvalue weighted by molar-refractivity contribution is 0.135. The van der Waals surface area contributed by atoms with Crippen molar-refractivity contribution in [3.05, 3.63) is 90.0 Å². The van der Waals surface area contributed by atoms with Crippen LogP contribution in [0.4, 0.5) is 17.3 Å². The van der Waals surface area contributed by atoms with Gasteiger partial charge in [-0.2, -0.15) is 10.1 Å². The molecule has 5 heterocycles. The Kier molecular flexibility index (Phi) is 7.23. The summed E-state index contributed by atoms with van der Waals surface area (Å²) in [6.45, 7) is 6.76. The van der Waals surface area contributed by atoms with E-state index in [1.54, 1.807) is 23.0 Å². The van der Waals surface area contributed by atoms with E-state index in [0.717, 1.165) is 31.0 Å². The van der Waals surface area contributed by atoms with Gasteiger partial charge in [0.25, 0.3) is 5.56 Å². The first-order chi connectivity index (χ1) is 20.1. The number of aliphatic hydroxyl groups excluding tert-OH is 1. The van der Waals surface area contributed by atoms with Crippen molar-refractivity contribution in [3.8, 4) is 17.2 Å². The van der Waals surface area contributed by atoms with Crippen LogP contribution in [0.2, 0.25) is 0 Å². The summed E-state index contributed by atoms with van der Waals surface area (Å²) in [6, 6.07) is 17.3. The number of anilines is 3. The van der Waals surface area contributed by atoms with E-state index in [0.29, 0.717) is 34.2 Å². The van der Waals surface area contributed by atoms with Gasteiger partial charge < -0.3 is 15.3 Å². The van der Waals surface area contributed by atoms with Crippen molar-refractivity contribution in [1.82, 2.24) is 39.4 Å². The SMILES string of the molecule is C=CCn1c(=O)c2cnc(Nc3ccc(N4CCN(C)C(CO)C4)cc3)nc2n1-c1cccc(-c2cccnn2)n1. The second kappa shape index (κ2) is 11.3. The minimum Gasteiger partial charge on any atom is -0.395 e. The first-order valence-electron chi connectivity index (χ1n) is 13.3. The molecule has 1 unspecified atom stereocenters. The molecular formula is C29H30N10O2. The molecule has 0 saturated carbocycles. The molecule has 5 aromatic rings. The summed E-state index contributed by atoms with van der Waals surface area (Å²) in [4.78, 5) is 31.7.